The molecule has 3 nitrogen and oxygen atoms in total. The Morgan fingerprint density at radius 2 is 1.52 bits per heavy atom. The van der Waals surface area contributed by atoms with Gasteiger partial charge >= 0.3 is 0 Å². The third-order valence-electron chi connectivity index (χ3n) is 5.43. The van der Waals surface area contributed by atoms with Gasteiger partial charge in [-0.3, -0.25) is 4.79 Å². The molecule has 0 heterocycles. The summed E-state index contributed by atoms with van der Waals surface area (Å²) < 4.78 is 0. The lowest BCUT2D eigenvalue weighted by Gasteiger charge is -2.26. The Kier molecular flexibility index (Phi) is 7.56. The van der Waals surface area contributed by atoms with Gasteiger partial charge in [-0.15, -0.1) is 0 Å². The average Bonchev–Trinajstić information content (AvgIpc) is 2.54. The molecule has 0 bridgehead atoms. The molecule has 0 aromatic carbocycles. The van der Waals surface area contributed by atoms with Crippen molar-refractivity contribution in [2.24, 2.45) is 11.8 Å². The van der Waals surface area contributed by atoms with Crippen molar-refractivity contribution in [3.8, 4) is 0 Å². The van der Waals surface area contributed by atoms with E-state index < -0.39 is 0 Å². The summed E-state index contributed by atoms with van der Waals surface area (Å²) in [5.74, 6) is 1.61. The van der Waals surface area contributed by atoms with Crippen LogP contribution in [0.4, 0.5) is 0 Å². The van der Waals surface area contributed by atoms with E-state index in [1.165, 1.54) is 64.2 Å². The zero-order valence-electron chi connectivity index (χ0n) is 13.5. The van der Waals surface area contributed by atoms with Gasteiger partial charge in [0, 0.05) is 6.42 Å². The summed E-state index contributed by atoms with van der Waals surface area (Å²) in [7, 11) is 0. The molecule has 2 N–H and O–H groups in total. The Balaban J connectivity index is 1.63. The van der Waals surface area contributed by atoms with E-state index in [1.807, 2.05) is 0 Å². The Hall–Kier alpha value is -0.570. The number of aliphatic hydroxyl groups excluding tert-OH is 1. The molecular formula is C18H33NO2. The van der Waals surface area contributed by atoms with Gasteiger partial charge in [-0.25, -0.2) is 0 Å². The lowest BCUT2D eigenvalue weighted by Crippen LogP contribution is -2.39. The Labute approximate surface area is 129 Å². The Bertz CT molecular complexity index is 294. The fraction of sp³-hybridized carbons (Fsp3) is 0.944. The van der Waals surface area contributed by atoms with Gasteiger partial charge in [0.25, 0.3) is 0 Å². The minimum absolute atomic E-state index is 0.0213. The Morgan fingerprint density at radius 3 is 2.10 bits per heavy atom. The number of carbonyl (C=O) groups is 1. The summed E-state index contributed by atoms with van der Waals surface area (Å²) in [5.41, 5.74) is 0. The molecule has 2 rings (SSSR count). The first-order valence-corrected chi connectivity index (χ1v) is 9.18. The second-order valence-corrected chi connectivity index (χ2v) is 7.23. The first-order valence-electron chi connectivity index (χ1n) is 9.18. The molecule has 2 saturated carbocycles. The number of hydrogen-bond donors (Lipinski definition) is 2. The maximum absolute atomic E-state index is 12.1. The van der Waals surface area contributed by atoms with Crippen LogP contribution in [0.15, 0.2) is 0 Å². The van der Waals surface area contributed by atoms with E-state index in [4.69, 9.17) is 0 Å². The number of nitrogens with one attached hydrogen (secondary N) is 1. The second kappa shape index (κ2) is 9.45. The van der Waals surface area contributed by atoms with Crippen molar-refractivity contribution in [1.29, 1.82) is 0 Å². The van der Waals surface area contributed by atoms with Gasteiger partial charge in [-0.2, -0.15) is 0 Å². The molecule has 21 heavy (non-hydrogen) atoms. The van der Waals surface area contributed by atoms with Crippen LogP contribution in [0.25, 0.3) is 0 Å². The summed E-state index contributed by atoms with van der Waals surface area (Å²) in [6.07, 6.45) is 15.8. The lowest BCUT2D eigenvalue weighted by atomic mass is 9.84. The van der Waals surface area contributed by atoms with E-state index in [1.54, 1.807) is 0 Å². The highest BCUT2D eigenvalue weighted by atomic mass is 16.3. The first kappa shape index (κ1) is 16.8. The zero-order valence-corrected chi connectivity index (χ0v) is 13.5. The van der Waals surface area contributed by atoms with E-state index in [2.05, 4.69) is 5.32 Å². The second-order valence-electron chi connectivity index (χ2n) is 7.23. The molecule has 0 aromatic heterocycles. The highest BCUT2D eigenvalue weighted by Crippen LogP contribution is 2.28. The lowest BCUT2D eigenvalue weighted by molar-refractivity contribution is -0.122. The summed E-state index contributed by atoms with van der Waals surface area (Å²) in [6.45, 7) is 0.0890. The molecule has 0 aliphatic heterocycles. The molecule has 122 valence electrons. The molecule has 0 radical (unpaired) electrons. The minimum Gasteiger partial charge on any atom is -0.394 e. The first-order chi connectivity index (χ1) is 10.3. The predicted octanol–water partition coefficient (Wildman–Crippen LogP) is 3.79. The highest BCUT2D eigenvalue weighted by Gasteiger charge is 2.20. The molecule has 0 saturated heterocycles. The molecule has 1 unspecified atom stereocenters. The standard InChI is InChI=1S/C18H33NO2/c20-14-17(13-16-9-5-2-6-10-16)19-18(21)12-11-15-7-3-1-4-8-15/h15-17,20H,1-14H2,(H,19,21). The monoisotopic (exact) mass is 295 g/mol. The predicted molar refractivity (Wildman–Crippen MR) is 86.0 cm³/mol. The minimum atomic E-state index is -0.0213. The van der Waals surface area contributed by atoms with Gasteiger partial charge in [0.1, 0.15) is 0 Å². The number of rotatable bonds is 7. The summed E-state index contributed by atoms with van der Waals surface area (Å²) in [5, 5.41) is 12.6. The smallest absolute Gasteiger partial charge is 0.220 e. The number of amides is 1. The highest BCUT2D eigenvalue weighted by molar-refractivity contribution is 5.76. The third-order valence-corrected chi connectivity index (χ3v) is 5.43. The maximum Gasteiger partial charge on any atom is 0.220 e. The van der Waals surface area contributed by atoms with Crippen molar-refractivity contribution >= 4 is 5.91 Å². The summed E-state index contributed by atoms with van der Waals surface area (Å²) >= 11 is 0. The van der Waals surface area contributed by atoms with Crippen LogP contribution in [0.3, 0.4) is 0 Å². The van der Waals surface area contributed by atoms with Gasteiger partial charge in [-0.1, -0.05) is 64.2 Å². The molecule has 0 spiro atoms. The van der Waals surface area contributed by atoms with Crippen LogP contribution in [-0.2, 0) is 4.79 Å². The van der Waals surface area contributed by atoms with Crippen molar-refractivity contribution in [2.45, 2.75) is 89.5 Å². The van der Waals surface area contributed by atoms with Gasteiger partial charge in [-0.05, 0) is 24.7 Å². The molecule has 0 aromatic rings. The van der Waals surface area contributed by atoms with E-state index in [0.717, 1.165) is 18.8 Å². The van der Waals surface area contributed by atoms with Crippen LogP contribution in [0.1, 0.15) is 83.5 Å². The Morgan fingerprint density at radius 1 is 0.952 bits per heavy atom. The van der Waals surface area contributed by atoms with Crippen molar-refractivity contribution in [1.82, 2.24) is 5.32 Å². The van der Waals surface area contributed by atoms with Gasteiger partial charge in [0.2, 0.25) is 5.91 Å². The molecule has 1 amide bonds. The number of aliphatic hydroxyl groups is 1. The SMILES string of the molecule is O=C(CCC1CCCCC1)NC(CO)CC1CCCCC1. The quantitative estimate of drug-likeness (QED) is 0.750. The maximum atomic E-state index is 12.1. The van der Waals surface area contributed by atoms with Crippen molar-refractivity contribution in [3.05, 3.63) is 0 Å². The molecule has 2 aliphatic carbocycles. The van der Waals surface area contributed by atoms with E-state index in [-0.39, 0.29) is 18.6 Å². The topological polar surface area (TPSA) is 49.3 Å². The summed E-state index contributed by atoms with van der Waals surface area (Å²) in [6, 6.07) is -0.0213. The molecule has 3 heteroatoms. The van der Waals surface area contributed by atoms with Crippen molar-refractivity contribution in [3.63, 3.8) is 0 Å². The van der Waals surface area contributed by atoms with Crippen LogP contribution in [-0.4, -0.2) is 23.7 Å². The molecule has 1 atom stereocenters. The average molecular weight is 295 g/mol. The molecule has 2 fully saturated rings. The van der Waals surface area contributed by atoms with Crippen molar-refractivity contribution < 1.29 is 9.90 Å². The fourth-order valence-electron chi connectivity index (χ4n) is 4.12. The normalized spacial score (nSPS) is 22.9. The van der Waals surface area contributed by atoms with Gasteiger partial charge < -0.3 is 10.4 Å². The molecule has 2 aliphatic rings. The van der Waals surface area contributed by atoms with Crippen LogP contribution in [0.5, 0.6) is 0 Å². The number of hydrogen-bond acceptors (Lipinski definition) is 2. The van der Waals surface area contributed by atoms with E-state index in [0.29, 0.717) is 12.3 Å². The van der Waals surface area contributed by atoms with Gasteiger partial charge in [0.05, 0.1) is 12.6 Å². The number of carbonyl (C=O) groups excluding carboxylic acids is 1. The van der Waals surface area contributed by atoms with E-state index >= 15 is 0 Å². The van der Waals surface area contributed by atoms with Crippen LogP contribution in [0.2, 0.25) is 0 Å². The van der Waals surface area contributed by atoms with Crippen molar-refractivity contribution in [2.75, 3.05) is 6.61 Å². The van der Waals surface area contributed by atoms with E-state index in [9.17, 15) is 9.90 Å². The van der Waals surface area contributed by atoms with Crippen LogP contribution in [0, 0.1) is 11.8 Å². The molecular weight excluding hydrogens is 262 g/mol. The van der Waals surface area contributed by atoms with Crippen LogP contribution < -0.4 is 5.32 Å². The third kappa shape index (κ3) is 6.37. The van der Waals surface area contributed by atoms with Gasteiger partial charge in [0.15, 0.2) is 0 Å². The van der Waals surface area contributed by atoms with Crippen LogP contribution >= 0.6 is 0 Å². The zero-order chi connectivity index (χ0) is 14.9. The summed E-state index contributed by atoms with van der Waals surface area (Å²) in [4.78, 5) is 12.1. The largest absolute Gasteiger partial charge is 0.394 e. The fourth-order valence-corrected chi connectivity index (χ4v) is 4.12.